The van der Waals surface area contributed by atoms with Crippen LogP contribution in [0.2, 0.25) is 0 Å². The first-order chi connectivity index (χ1) is 14.7. The molecule has 30 heavy (non-hydrogen) atoms. The van der Waals surface area contributed by atoms with Crippen molar-refractivity contribution in [3.63, 3.8) is 0 Å². The number of nitrogens with zero attached hydrogens (tertiary/aromatic N) is 5. The van der Waals surface area contributed by atoms with Crippen LogP contribution >= 0.6 is 0 Å². The van der Waals surface area contributed by atoms with Gasteiger partial charge in [-0.25, -0.2) is 4.98 Å². The first-order valence-corrected chi connectivity index (χ1v) is 10.1. The van der Waals surface area contributed by atoms with E-state index in [0.717, 1.165) is 48.2 Å². The number of aromatic amines is 1. The number of aromatic nitrogens is 5. The minimum absolute atomic E-state index is 0.323. The second-order valence-electron chi connectivity index (χ2n) is 7.71. The number of anilines is 2. The molecule has 1 aliphatic heterocycles. The number of hydrogen-bond donors (Lipinski definition) is 3. The average Bonchev–Trinajstić information content (AvgIpc) is 3.15. The zero-order valence-corrected chi connectivity index (χ0v) is 16.8. The third-order valence-electron chi connectivity index (χ3n) is 5.58. The van der Waals surface area contributed by atoms with Crippen molar-refractivity contribution in [3.05, 3.63) is 59.8 Å². The molecule has 8 heteroatoms. The molecule has 1 saturated heterocycles. The third kappa shape index (κ3) is 3.57. The standard InChI is InChI=1S/C22H24N8/c1-14-18-12-16(7-8-19(18)27-26-14)21-25-22(20(23)28-29-21)30-10-9-24-17(13-30)11-15-5-3-2-4-6-15/h2-8,12,17,24H,9-11,13H2,1H3,(H2,23,28)(H,26,27)/t17-/m1/s1. The number of nitrogens with two attached hydrogens (primary N) is 1. The summed E-state index contributed by atoms with van der Waals surface area (Å²) in [5, 5.41) is 20.4. The molecular weight excluding hydrogens is 376 g/mol. The lowest BCUT2D eigenvalue weighted by Crippen LogP contribution is -2.52. The average molecular weight is 400 g/mol. The normalized spacial score (nSPS) is 16.8. The van der Waals surface area contributed by atoms with Crippen LogP contribution in [0.25, 0.3) is 22.3 Å². The first kappa shape index (κ1) is 18.5. The second-order valence-corrected chi connectivity index (χ2v) is 7.71. The Balaban J connectivity index is 1.41. The number of fused-ring (bicyclic) bond motifs is 1. The number of piperazine rings is 1. The molecule has 8 nitrogen and oxygen atoms in total. The van der Waals surface area contributed by atoms with Gasteiger partial charge in [0, 0.05) is 42.3 Å². The van der Waals surface area contributed by atoms with Crippen molar-refractivity contribution in [2.45, 2.75) is 19.4 Å². The van der Waals surface area contributed by atoms with Gasteiger partial charge in [-0.05, 0) is 37.1 Å². The van der Waals surface area contributed by atoms with Crippen molar-refractivity contribution >= 4 is 22.5 Å². The molecule has 1 atom stereocenters. The molecule has 0 spiro atoms. The molecule has 0 aliphatic carbocycles. The minimum atomic E-state index is 0.323. The summed E-state index contributed by atoms with van der Waals surface area (Å²) in [5.41, 5.74) is 10.3. The fourth-order valence-corrected chi connectivity index (χ4v) is 4.01. The monoisotopic (exact) mass is 400 g/mol. The summed E-state index contributed by atoms with van der Waals surface area (Å²) >= 11 is 0. The summed E-state index contributed by atoms with van der Waals surface area (Å²) in [4.78, 5) is 7.01. The topological polar surface area (TPSA) is 109 Å². The van der Waals surface area contributed by atoms with E-state index in [9.17, 15) is 0 Å². The highest BCUT2D eigenvalue weighted by Gasteiger charge is 2.23. The highest BCUT2D eigenvalue weighted by Crippen LogP contribution is 2.26. The molecular formula is C22H24N8. The SMILES string of the molecule is Cc1[nH]nc2ccc(-c3nnc(N)c(N4CCN[C@H](Cc5ccccc5)C4)n3)cc12. The van der Waals surface area contributed by atoms with Crippen LogP contribution in [0.5, 0.6) is 0 Å². The van der Waals surface area contributed by atoms with Crippen LogP contribution in [0.1, 0.15) is 11.3 Å². The number of H-pyrrole nitrogens is 1. The molecule has 3 heterocycles. The van der Waals surface area contributed by atoms with E-state index in [1.54, 1.807) is 0 Å². The lowest BCUT2D eigenvalue weighted by atomic mass is 10.0. The Morgan fingerprint density at radius 2 is 2.00 bits per heavy atom. The Bertz CT molecular complexity index is 1170. The maximum atomic E-state index is 6.18. The van der Waals surface area contributed by atoms with E-state index in [1.807, 2.05) is 31.2 Å². The fraction of sp³-hybridized carbons (Fsp3) is 0.273. The van der Waals surface area contributed by atoms with Crippen molar-refractivity contribution in [1.82, 2.24) is 30.7 Å². The van der Waals surface area contributed by atoms with Crippen LogP contribution < -0.4 is 16.0 Å². The predicted molar refractivity (Wildman–Crippen MR) is 118 cm³/mol. The van der Waals surface area contributed by atoms with E-state index in [0.29, 0.717) is 23.5 Å². The third-order valence-corrected chi connectivity index (χ3v) is 5.58. The summed E-state index contributed by atoms with van der Waals surface area (Å²) in [5.74, 6) is 1.63. The molecule has 0 radical (unpaired) electrons. The summed E-state index contributed by atoms with van der Waals surface area (Å²) in [6, 6.07) is 16.8. The van der Waals surface area contributed by atoms with Gasteiger partial charge in [0.2, 0.25) is 0 Å². The highest BCUT2D eigenvalue weighted by molar-refractivity contribution is 5.85. The smallest absolute Gasteiger partial charge is 0.189 e. The summed E-state index contributed by atoms with van der Waals surface area (Å²) in [6.07, 6.45) is 0.957. The number of aryl methyl sites for hydroxylation is 1. The van der Waals surface area contributed by atoms with Gasteiger partial charge in [-0.2, -0.15) is 5.10 Å². The largest absolute Gasteiger partial charge is 0.379 e. The molecule has 0 bridgehead atoms. The Kier molecular flexibility index (Phi) is 4.76. The van der Waals surface area contributed by atoms with Crippen molar-refractivity contribution < 1.29 is 0 Å². The molecule has 1 aliphatic rings. The Morgan fingerprint density at radius 1 is 1.13 bits per heavy atom. The lowest BCUT2D eigenvalue weighted by Gasteiger charge is -2.34. The van der Waals surface area contributed by atoms with Gasteiger partial charge in [0.25, 0.3) is 0 Å². The van der Waals surface area contributed by atoms with E-state index in [1.165, 1.54) is 5.56 Å². The van der Waals surface area contributed by atoms with Crippen molar-refractivity contribution in [3.8, 4) is 11.4 Å². The number of benzene rings is 2. The number of rotatable bonds is 4. The van der Waals surface area contributed by atoms with Crippen molar-refractivity contribution in [1.29, 1.82) is 0 Å². The highest BCUT2D eigenvalue weighted by atomic mass is 15.3. The van der Waals surface area contributed by atoms with E-state index in [4.69, 9.17) is 10.7 Å². The number of nitrogen functional groups attached to an aromatic ring is 1. The van der Waals surface area contributed by atoms with Crippen LogP contribution in [0.4, 0.5) is 11.6 Å². The van der Waals surface area contributed by atoms with Gasteiger partial charge in [0.1, 0.15) is 0 Å². The minimum Gasteiger partial charge on any atom is -0.379 e. The molecule has 4 aromatic rings. The number of nitrogens with one attached hydrogen (secondary N) is 2. The molecule has 0 saturated carbocycles. The van der Waals surface area contributed by atoms with Crippen molar-refractivity contribution in [2.75, 3.05) is 30.3 Å². The summed E-state index contributed by atoms with van der Waals surface area (Å²) in [6.45, 7) is 4.52. The molecule has 4 N–H and O–H groups in total. The molecule has 0 unspecified atom stereocenters. The molecule has 2 aromatic heterocycles. The second kappa shape index (κ2) is 7.72. The zero-order chi connectivity index (χ0) is 20.5. The Hall–Kier alpha value is -3.52. The fourth-order valence-electron chi connectivity index (χ4n) is 4.01. The summed E-state index contributed by atoms with van der Waals surface area (Å²) in [7, 11) is 0. The molecule has 2 aromatic carbocycles. The van der Waals surface area contributed by atoms with Gasteiger partial charge in [-0.15, -0.1) is 10.2 Å². The van der Waals surface area contributed by atoms with Crippen LogP contribution in [0.15, 0.2) is 48.5 Å². The molecule has 0 amide bonds. The van der Waals surface area contributed by atoms with Gasteiger partial charge >= 0.3 is 0 Å². The summed E-state index contributed by atoms with van der Waals surface area (Å²) < 4.78 is 0. The van der Waals surface area contributed by atoms with E-state index >= 15 is 0 Å². The van der Waals surface area contributed by atoms with Gasteiger partial charge < -0.3 is 16.0 Å². The first-order valence-electron chi connectivity index (χ1n) is 10.1. The van der Waals surface area contributed by atoms with Crippen LogP contribution in [0, 0.1) is 6.92 Å². The van der Waals surface area contributed by atoms with Gasteiger partial charge in [-0.3, -0.25) is 5.10 Å². The van der Waals surface area contributed by atoms with E-state index in [2.05, 4.69) is 54.9 Å². The number of hydrogen-bond acceptors (Lipinski definition) is 7. The Labute approximate surface area is 174 Å². The molecule has 152 valence electrons. The molecule has 5 rings (SSSR count). The predicted octanol–water partition coefficient (Wildman–Crippen LogP) is 2.33. The lowest BCUT2D eigenvalue weighted by molar-refractivity contribution is 0.452. The van der Waals surface area contributed by atoms with Gasteiger partial charge in [0.15, 0.2) is 17.5 Å². The maximum absolute atomic E-state index is 6.18. The van der Waals surface area contributed by atoms with E-state index in [-0.39, 0.29) is 0 Å². The quantitative estimate of drug-likeness (QED) is 0.482. The van der Waals surface area contributed by atoms with Gasteiger partial charge in [0.05, 0.1) is 5.52 Å². The van der Waals surface area contributed by atoms with Crippen LogP contribution in [0.3, 0.4) is 0 Å². The molecule has 1 fully saturated rings. The maximum Gasteiger partial charge on any atom is 0.189 e. The van der Waals surface area contributed by atoms with Crippen LogP contribution in [-0.4, -0.2) is 51.1 Å². The van der Waals surface area contributed by atoms with E-state index < -0.39 is 0 Å². The van der Waals surface area contributed by atoms with Gasteiger partial charge in [-0.1, -0.05) is 30.3 Å². The zero-order valence-electron chi connectivity index (χ0n) is 16.8. The van der Waals surface area contributed by atoms with Crippen LogP contribution in [-0.2, 0) is 6.42 Å². The Morgan fingerprint density at radius 3 is 2.87 bits per heavy atom. The van der Waals surface area contributed by atoms with Crippen molar-refractivity contribution in [2.24, 2.45) is 0 Å².